The van der Waals surface area contributed by atoms with Gasteiger partial charge < -0.3 is 4.90 Å². The van der Waals surface area contributed by atoms with Gasteiger partial charge in [-0.2, -0.15) is 4.98 Å². The molecule has 2 aliphatic rings. The van der Waals surface area contributed by atoms with Crippen molar-refractivity contribution in [1.82, 2.24) is 9.97 Å². The van der Waals surface area contributed by atoms with Gasteiger partial charge in [-0.25, -0.2) is 10.8 Å². The second-order valence-electron chi connectivity index (χ2n) is 5.74. The molecule has 2 fully saturated rings. The summed E-state index contributed by atoms with van der Waals surface area (Å²) in [7, 11) is 0. The van der Waals surface area contributed by atoms with E-state index in [1.165, 1.54) is 36.8 Å². The zero-order valence-electron chi connectivity index (χ0n) is 11.4. The first-order chi connectivity index (χ1) is 9.86. The van der Waals surface area contributed by atoms with Gasteiger partial charge >= 0.3 is 0 Å². The molecule has 0 aromatic carbocycles. The monoisotopic (exact) mass is 289 g/mol. The Hall–Kier alpha value is -1.40. The number of thiophene rings is 1. The molecule has 20 heavy (non-hydrogen) atoms. The Morgan fingerprint density at radius 3 is 3.05 bits per heavy atom. The van der Waals surface area contributed by atoms with E-state index in [9.17, 15) is 0 Å². The third-order valence-electron chi connectivity index (χ3n) is 4.68. The van der Waals surface area contributed by atoms with Crippen molar-refractivity contribution in [2.24, 2.45) is 11.8 Å². The van der Waals surface area contributed by atoms with Gasteiger partial charge in [0.25, 0.3) is 0 Å². The summed E-state index contributed by atoms with van der Waals surface area (Å²) in [6.45, 7) is 1.11. The van der Waals surface area contributed by atoms with E-state index in [0.717, 1.165) is 23.8 Å². The lowest BCUT2D eigenvalue weighted by Crippen LogP contribution is -2.43. The van der Waals surface area contributed by atoms with Crippen molar-refractivity contribution in [2.75, 3.05) is 16.9 Å². The van der Waals surface area contributed by atoms with Gasteiger partial charge in [-0.3, -0.25) is 5.43 Å². The summed E-state index contributed by atoms with van der Waals surface area (Å²) in [6, 6.07) is 2.71. The van der Waals surface area contributed by atoms with Gasteiger partial charge in [-0.15, -0.1) is 11.3 Å². The number of anilines is 2. The van der Waals surface area contributed by atoms with E-state index in [4.69, 9.17) is 5.84 Å². The highest BCUT2D eigenvalue weighted by atomic mass is 32.1. The summed E-state index contributed by atoms with van der Waals surface area (Å²) < 4.78 is 1.19. The van der Waals surface area contributed by atoms with Crippen molar-refractivity contribution in [3.8, 4) is 0 Å². The maximum absolute atomic E-state index is 5.52. The number of hydrogen-bond acceptors (Lipinski definition) is 6. The van der Waals surface area contributed by atoms with Crippen LogP contribution in [-0.2, 0) is 0 Å². The highest BCUT2D eigenvalue weighted by Crippen LogP contribution is 2.41. The van der Waals surface area contributed by atoms with Gasteiger partial charge in [0.15, 0.2) is 5.82 Å². The second kappa shape index (κ2) is 4.86. The summed E-state index contributed by atoms with van der Waals surface area (Å²) in [5.41, 5.74) is 3.60. The van der Waals surface area contributed by atoms with E-state index in [0.29, 0.717) is 12.0 Å². The number of piperidine rings is 1. The van der Waals surface area contributed by atoms with Crippen LogP contribution in [0.1, 0.15) is 32.1 Å². The van der Waals surface area contributed by atoms with Crippen molar-refractivity contribution in [1.29, 1.82) is 0 Å². The molecule has 1 saturated carbocycles. The van der Waals surface area contributed by atoms with Gasteiger partial charge in [0.05, 0.1) is 10.2 Å². The molecular weight excluding hydrogens is 270 g/mol. The molecule has 2 aromatic heterocycles. The molecule has 0 spiro atoms. The average Bonchev–Trinajstić information content (AvgIpc) is 3.14. The minimum atomic E-state index is 0.519. The quantitative estimate of drug-likeness (QED) is 0.657. The van der Waals surface area contributed by atoms with Crippen LogP contribution in [0.3, 0.4) is 0 Å². The van der Waals surface area contributed by atoms with Gasteiger partial charge in [-0.1, -0.05) is 6.42 Å². The Bertz CT molecular complexity index is 625. The third-order valence-corrected chi connectivity index (χ3v) is 5.58. The molecule has 0 amide bonds. The first kappa shape index (κ1) is 12.3. The largest absolute Gasteiger partial charge is 0.352 e. The van der Waals surface area contributed by atoms with E-state index in [-0.39, 0.29) is 0 Å². The minimum Gasteiger partial charge on any atom is -0.352 e. The minimum absolute atomic E-state index is 0.519. The van der Waals surface area contributed by atoms with Crippen molar-refractivity contribution < 1.29 is 0 Å². The summed E-state index contributed by atoms with van der Waals surface area (Å²) in [6.07, 6.45) is 6.67. The zero-order valence-corrected chi connectivity index (χ0v) is 12.2. The molecule has 106 valence electrons. The number of nitrogens with two attached hydrogens (primary N) is 1. The lowest BCUT2D eigenvalue weighted by Gasteiger charge is -2.38. The fraction of sp³-hybridized carbons (Fsp3) is 0.571. The summed E-state index contributed by atoms with van der Waals surface area (Å²) in [5.74, 6) is 7.97. The van der Waals surface area contributed by atoms with E-state index < -0.39 is 0 Å². The molecule has 4 rings (SSSR count). The molecule has 3 N–H and O–H groups in total. The topological polar surface area (TPSA) is 67.1 Å². The highest BCUT2D eigenvalue weighted by Gasteiger charge is 2.36. The Morgan fingerprint density at radius 2 is 2.15 bits per heavy atom. The molecule has 0 radical (unpaired) electrons. The lowest BCUT2D eigenvalue weighted by atomic mass is 9.92. The predicted molar refractivity (Wildman–Crippen MR) is 82.9 cm³/mol. The first-order valence-corrected chi connectivity index (χ1v) is 8.23. The van der Waals surface area contributed by atoms with Crippen molar-refractivity contribution in [2.45, 2.75) is 38.1 Å². The lowest BCUT2D eigenvalue weighted by molar-refractivity contribution is 0.361. The molecule has 2 atom stereocenters. The number of fused-ring (bicyclic) bond motifs is 2. The standard InChI is InChI=1S/C14H19N5S/c15-18-14-16-10-6-8-20-12(10)13(17-14)19-7-2-4-9-3-1-5-11(9)19/h6,8-9,11H,1-5,7,15H2,(H,16,17,18). The number of hydrogen-bond donors (Lipinski definition) is 2. The molecule has 2 unspecified atom stereocenters. The SMILES string of the molecule is NNc1nc(N2CCCC3CCCC32)c2sccc2n1. The van der Waals surface area contributed by atoms with Crippen LogP contribution >= 0.6 is 11.3 Å². The Balaban J connectivity index is 1.81. The third kappa shape index (κ3) is 1.86. The molecule has 3 heterocycles. The Labute approximate surface area is 122 Å². The average molecular weight is 289 g/mol. The van der Waals surface area contributed by atoms with E-state index in [1.807, 2.05) is 6.07 Å². The van der Waals surface area contributed by atoms with E-state index in [1.54, 1.807) is 11.3 Å². The maximum Gasteiger partial charge on any atom is 0.239 e. The van der Waals surface area contributed by atoms with Gasteiger partial charge in [0, 0.05) is 12.6 Å². The van der Waals surface area contributed by atoms with Crippen LogP contribution in [-0.4, -0.2) is 22.6 Å². The molecule has 1 saturated heterocycles. The molecule has 1 aliphatic carbocycles. The Kier molecular flexibility index (Phi) is 3.00. The second-order valence-corrected chi connectivity index (χ2v) is 6.66. The summed E-state index contributed by atoms with van der Waals surface area (Å²) in [5, 5.41) is 2.08. The maximum atomic E-state index is 5.52. The Morgan fingerprint density at radius 1 is 1.25 bits per heavy atom. The summed E-state index contributed by atoms with van der Waals surface area (Å²) >= 11 is 1.73. The first-order valence-electron chi connectivity index (χ1n) is 7.35. The van der Waals surface area contributed by atoms with E-state index in [2.05, 4.69) is 25.7 Å². The van der Waals surface area contributed by atoms with E-state index >= 15 is 0 Å². The normalized spacial score (nSPS) is 25.9. The number of aromatic nitrogens is 2. The fourth-order valence-corrected chi connectivity index (χ4v) is 4.66. The predicted octanol–water partition coefficient (Wildman–Crippen LogP) is 2.75. The molecule has 1 aliphatic heterocycles. The van der Waals surface area contributed by atoms with Crippen molar-refractivity contribution in [3.05, 3.63) is 11.4 Å². The van der Waals surface area contributed by atoms with Crippen LogP contribution in [0.5, 0.6) is 0 Å². The number of nitrogens with one attached hydrogen (secondary N) is 1. The molecule has 6 heteroatoms. The molecule has 0 bridgehead atoms. The van der Waals surface area contributed by atoms with Crippen LogP contribution in [0.2, 0.25) is 0 Å². The summed E-state index contributed by atoms with van der Waals surface area (Å²) in [4.78, 5) is 11.6. The highest BCUT2D eigenvalue weighted by molar-refractivity contribution is 7.17. The molecular formula is C14H19N5S. The zero-order chi connectivity index (χ0) is 13.5. The van der Waals surface area contributed by atoms with Crippen LogP contribution in [0, 0.1) is 5.92 Å². The van der Waals surface area contributed by atoms with Gasteiger partial charge in [0.2, 0.25) is 5.95 Å². The fourth-order valence-electron chi connectivity index (χ4n) is 3.82. The van der Waals surface area contributed by atoms with Crippen LogP contribution in [0.4, 0.5) is 11.8 Å². The van der Waals surface area contributed by atoms with Crippen LogP contribution in [0.15, 0.2) is 11.4 Å². The van der Waals surface area contributed by atoms with Gasteiger partial charge in [0.1, 0.15) is 0 Å². The number of rotatable bonds is 2. The van der Waals surface area contributed by atoms with Crippen LogP contribution < -0.4 is 16.2 Å². The molecule has 5 nitrogen and oxygen atoms in total. The van der Waals surface area contributed by atoms with Crippen molar-refractivity contribution in [3.63, 3.8) is 0 Å². The molecule has 2 aromatic rings. The van der Waals surface area contributed by atoms with Crippen molar-refractivity contribution >= 4 is 33.3 Å². The number of nitrogens with zero attached hydrogens (tertiary/aromatic N) is 3. The van der Waals surface area contributed by atoms with Gasteiger partial charge in [-0.05, 0) is 43.0 Å². The number of hydrazine groups is 1. The van der Waals surface area contributed by atoms with Crippen LogP contribution in [0.25, 0.3) is 10.2 Å². The smallest absolute Gasteiger partial charge is 0.239 e. The number of nitrogen functional groups attached to an aromatic ring is 1.